The minimum atomic E-state index is 0.353. The molecule has 3 heteroatoms. The maximum atomic E-state index is 5.76. The predicted molar refractivity (Wildman–Crippen MR) is 61.8 cm³/mol. The zero-order valence-electron chi connectivity index (χ0n) is 8.97. The van der Waals surface area contributed by atoms with Gasteiger partial charge < -0.3 is 5.32 Å². The van der Waals surface area contributed by atoms with Crippen molar-refractivity contribution in [2.45, 2.75) is 27.2 Å². The summed E-state index contributed by atoms with van der Waals surface area (Å²) in [6, 6.07) is 5.60. The lowest BCUT2D eigenvalue weighted by Crippen LogP contribution is -2.13. The fraction of sp³-hybridized carbons (Fsp3) is 0.545. The predicted octanol–water partition coefficient (Wildman–Crippen LogP) is 3.58. The number of hydrogen-bond acceptors (Lipinski definition) is 2. The molecule has 0 aliphatic carbocycles. The highest BCUT2D eigenvalue weighted by molar-refractivity contribution is 6.29. The molecule has 0 aliphatic rings. The van der Waals surface area contributed by atoms with Crippen LogP contribution in [0.3, 0.4) is 0 Å². The summed E-state index contributed by atoms with van der Waals surface area (Å²) < 4.78 is 0. The van der Waals surface area contributed by atoms with Gasteiger partial charge in [0.1, 0.15) is 11.0 Å². The third kappa shape index (κ3) is 4.47. The summed E-state index contributed by atoms with van der Waals surface area (Å²) in [7, 11) is 0. The molecule has 1 aromatic heterocycles. The number of anilines is 1. The Hall–Kier alpha value is -0.760. The van der Waals surface area contributed by atoms with Gasteiger partial charge in [-0.1, -0.05) is 38.4 Å². The maximum absolute atomic E-state index is 5.76. The van der Waals surface area contributed by atoms with E-state index in [1.165, 1.54) is 0 Å². The van der Waals surface area contributed by atoms with E-state index < -0.39 is 0 Å². The van der Waals surface area contributed by atoms with Crippen LogP contribution in [0, 0.1) is 5.41 Å². The first kappa shape index (κ1) is 11.3. The van der Waals surface area contributed by atoms with Gasteiger partial charge in [0, 0.05) is 6.54 Å². The van der Waals surface area contributed by atoms with Gasteiger partial charge in [-0.25, -0.2) is 4.98 Å². The third-order valence-corrected chi connectivity index (χ3v) is 2.11. The minimum absolute atomic E-state index is 0.353. The highest BCUT2D eigenvalue weighted by Crippen LogP contribution is 2.18. The molecule has 14 heavy (non-hydrogen) atoms. The van der Waals surface area contributed by atoms with Crippen LogP contribution in [-0.2, 0) is 0 Å². The number of pyridine rings is 1. The number of rotatable bonds is 3. The zero-order valence-corrected chi connectivity index (χ0v) is 9.73. The second-order valence-corrected chi connectivity index (χ2v) is 4.97. The molecule has 0 saturated heterocycles. The molecule has 1 N–H and O–H groups in total. The topological polar surface area (TPSA) is 24.9 Å². The van der Waals surface area contributed by atoms with Crippen molar-refractivity contribution in [3.63, 3.8) is 0 Å². The van der Waals surface area contributed by atoms with Gasteiger partial charge in [-0.15, -0.1) is 0 Å². The first-order chi connectivity index (χ1) is 6.47. The highest BCUT2D eigenvalue weighted by atomic mass is 35.5. The number of halogens is 1. The van der Waals surface area contributed by atoms with E-state index in [9.17, 15) is 0 Å². The number of nitrogens with one attached hydrogen (secondary N) is 1. The Balaban J connectivity index is 2.39. The SMILES string of the molecule is CC(C)(C)CCNc1cccc(Cl)n1. The summed E-state index contributed by atoms with van der Waals surface area (Å²) in [5.41, 5.74) is 0.353. The second kappa shape index (κ2) is 4.65. The Morgan fingerprint density at radius 1 is 1.36 bits per heavy atom. The van der Waals surface area contributed by atoms with Crippen molar-refractivity contribution in [2.75, 3.05) is 11.9 Å². The Labute approximate surface area is 90.7 Å². The first-order valence-corrected chi connectivity index (χ1v) is 5.22. The van der Waals surface area contributed by atoms with E-state index >= 15 is 0 Å². The van der Waals surface area contributed by atoms with Crippen LogP contribution in [0.2, 0.25) is 5.15 Å². The van der Waals surface area contributed by atoms with E-state index in [1.807, 2.05) is 12.1 Å². The van der Waals surface area contributed by atoms with Crippen molar-refractivity contribution in [1.82, 2.24) is 4.98 Å². The molecule has 1 aromatic rings. The quantitative estimate of drug-likeness (QED) is 0.775. The molecule has 1 heterocycles. The first-order valence-electron chi connectivity index (χ1n) is 4.84. The van der Waals surface area contributed by atoms with Crippen LogP contribution in [0.15, 0.2) is 18.2 Å². The van der Waals surface area contributed by atoms with Crippen molar-refractivity contribution >= 4 is 17.4 Å². The minimum Gasteiger partial charge on any atom is -0.370 e. The van der Waals surface area contributed by atoms with Crippen molar-refractivity contribution in [2.24, 2.45) is 5.41 Å². The van der Waals surface area contributed by atoms with E-state index in [2.05, 4.69) is 31.1 Å². The molecule has 0 aromatic carbocycles. The normalized spacial score (nSPS) is 11.4. The van der Waals surface area contributed by atoms with Gasteiger partial charge in [-0.2, -0.15) is 0 Å². The molecule has 0 spiro atoms. The zero-order chi connectivity index (χ0) is 10.6. The largest absolute Gasteiger partial charge is 0.370 e. The monoisotopic (exact) mass is 212 g/mol. The molecule has 1 rings (SSSR count). The van der Waals surface area contributed by atoms with E-state index in [1.54, 1.807) is 6.07 Å². The van der Waals surface area contributed by atoms with Gasteiger partial charge in [-0.05, 0) is 24.0 Å². The van der Waals surface area contributed by atoms with E-state index in [4.69, 9.17) is 11.6 Å². The lowest BCUT2D eigenvalue weighted by atomic mass is 9.92. The smallest absolute Gasteiger partial charge is 0.131 e. The van der Waals surface area contributed by atoms with Crippen molar-refractivity contribution in [3.8, 4) is 0 Å². The third-order valence-electron chi connectivity index (χ3n) is 1.90. The summed E-state index contributed by atoms with van der Waals surface area (Å²) in [5, 5.41) is 3.78. The van der Waals surface area contributed by atoms with Crippen molar-refractivity contribution < 1.29 is 0 Å². The van der Waals surface area contributed by atoms with E-state index in [0.717, 1.165) is 18.8 Å². The molecule has 2 nitrogen and oxygen atoms in total. The Morgan fingerprint density at radius 2 is 2.07 bits per heavy atom. The maximum Gasteiger partial charge on any atom is 0.131 e. The Morgan fingerprint density at radius 3 is 2.64 bits per heavy atom. The summed E-state index contributed by atoms with van der Waals surface area (Å²) in [6.45, 7) is 7.59. The van der Waals surface area contributed by atoms with Crippen LogP contribution in [0.4, 0.5) is 5.82 Å². The average molecular weight is 213 g/mol. The van der Waals surface area contributed by atoms with Crippen molar-refractivity contribution in [3.05, 3.63) is 23.4 Å². The molecule has 0 radical (unpaired) electrons. The number of nitrogens with zero attached hydrogens (tertiary/aromatic N) is 1. The molecule has 78 valence electrons. The number of aromatic nitrogens is 1. The molecule has 0 bridgehead atoms. The van der Waals surface area contributed by atoms with Crippen LogP contribution in [0.1, 0.15) is 27.2 Å². The average Bonchev–Trinajstić information content (AvgIpc) is 2.01. The lowest BCUT2D eigenvalue weighted by Gasteiger charge is -2.18. The van der Waals surface area contributed by atoms with E-state index in [-0.39, 0.29) is 0 Å². The number of hydrogen-bond donors (Lipinski definition) is 1. The van der Waals surface area contributed by atoms with Crippen LogP contribution >= 0.6 is 11.6 Å². The van der Waals surface area contributed by atoms with Gasteiger partial charge >= 0.3 is 0 Å². The molecule has 0 saturated carbocycles. The van der Waals surface area contributed by atoms with Gasteiger partial charge in [0.2, 0.25) is 0 Å². The lowest BCUT2D eigenvalue weighted by molar-refractivity contribution is 0.389. The van der Waals surface area contributed by atoms with Crippen molar-refractivity contribution in [1.29, 1.82) is 0 Å². The standard InChI is InChI=1S/C11H17ClN2/c1-11(2,3)7-8-13-10-6-4-5-9(12)14-10/h4-6H,7-8H2,1-3H3,(H,13,14). The van der Waals surface area contributed by atoms with Gasteiger partial charge in [0.05, 0.1) is 0 Å². The summed E-state index contributed by atoms with van der Waals surface area (Å²) >= 11 is 5.76. The molecule has 0 atom stereocenters. The van der Waals surface area contributed by atoms with Gasteiger partial charge in [0.15, 0.2) is 0 Å². The highest BCUT2D eigenvalue weighted by Gasteiger charge is 2.08. The van der Waals surface area contributed by atoms with Gasteiger partial charge in [-0.3, -0.25) is 0 Å². The Bertz CT molecular complexity index is 292. The summed E-state index contributed by atoms with van der Waals surface area (Å²) in [4.78, 5) is 4.15. The molecule has 0 unspecified atom stereocenters. The summed E-state index contributed by atoms with van der Waals surface area (Å²) in [5.74, 6) is 0.849. The van der Waals surface area contributed by atoms with Gasteiger partial charge in [0.25, 0.3) is 0 Å². The van der Waals surface area contributed by atoms with Crippen LogP contribution in [0.25, 0.3) is 0 Å². The second-order valence-electron chi connectivity index (χ2n) is 4.58. The fourth-order valence-corrected chi connectivity index (χ4v) is 1.24. The molecule has 0 aliphatic heterocycles. The molecule has 0 amide bonds. The van der Waals surface area contributed by atoms with Crippen LogP contribution in [0.5, 0.6) is 0 Å². The molecule has 0 fully saturated rings. The van der Waals surface area contributed by atoms with Crippen LogP contribution < -0.4 is 5.32 Å². The van der Waals surface area contributed by atoms with Crippen LogP contribution in [-0.4, -0.2) is 11.5 Å². The molecular weight excluding hydrogens is 196 g/mol. The molecular formula is C11H17ClN2. The van der Waals surface area contributed by atoms with E-state index in [0.29, 0.717) is 10.6 Å². The fourth-order valence-electron chi connectivity index (χ4n) is 1.07. The Kier molecular flexibility index (Phi) is 3.76. The summed E-state index contributed by atoms with van der Waals surface area (Å²) in [6.07, 6.45) is 1.11.